The fourth-order valence-electron chi connectivity index (χ4n) is 2.67. The summed E-state index contributed by atoms with van der Waals surface area (Å²) >= 11 is 0. The molecule has 3 rings (SSSR count). The van der Waals surface area contributed by atoms with E-state index in [9.17, 15) is 9.59 Å². The summed E-state index contributed by atoms with van der Waals surface area (Å²) in [6.45, 7) is 2.18. The smallest absolute Gasteiger partial charge is 0.254 e. The number of carbonyl (C=O) groups is 2. The largest absolute Gasteiger partial charge is 0.423 e. The number of nitrogens with zero attached hydrogens (tertiary/aromatic N) is 3. The Morgan fingerprint density at radius 3 is 2.77 bits per heavy atom. The van der Waals surface area contributed by atoms with Crippen LogP contribution in [0.5, 0.6) is 0 Å². The van der Waals surface area contributed by atoms with Crippen LogP contribution in [0.3, 0.4) is 0 Å². The van der Waals surface area contributed by atoms with Gasteiger partial charge in [0.1, 0.15) is 0 Å². The van der Waals surface area contributed by atoms with Gasteiger partial charge < -0.3 is 9.32 Å². The molecule has 0 radical (unpaired) electrons. The van der Waals surface area contributed by atoms with Crippen LogP contribution < -0.4 is 0 Å². The average Bonchev–Trinajstić information content (AvgIpc) is 3.13. The van der Waals surface area contributed by atoms with Crippen molar-refractivity contribution in [3.63, 3.8) is 0 Å². The minimum atomic E-state index is -0.136. The molecule has 6 nitrogen and oxygen atoms in total. The normalized spacial score (nSPS) is 13.3. The number of amides is 1. The van der Waals surface area contributed by atoms with Gasteiger partial charge >= 0.3 is 0 Å². The van der Waals surface area contributed by atoms with Crippen molar-refractivity contribution in [1.82, 2.24) is 15.1 Å². The molecule has 1 aliphatic carbocycles. The molecule has 1 aromatic heterocycles. The Morgan fingerprint density at radius 2 is 2.05 bits per heavy atom. The Balaban J connectivity index is 1.80. The van der Waals surface area contributed by atoms with Crippen molar-refractivity contribution >= 4 is 11.7 Å². The molecule has 0 fully saturated rings. The third-order valence-corrected chi connectivity index (χ3v) is 3.84. The van der Waals surface area contributed by atoms with Crippen LogP contribution >= 0.6 is 0 Å². The van der Waals surface area contributed by atoms with Crippen LogP contribution in [0.15, 0.2) is 22.6 Å². The molecule has 1 amide bonds. The van der Waals surface area contributed by atoms with Crippen LogP contribution in [-0.4, -0.2) is 33.8 Å². The number of aromatic nitrogens is 2. The third kappa shape index (κ3) is 2.52. The maximum atomic E-state index is 12.6. The molecule has 2 aromatic rings. The number of carbonyl (C=O) groups excluding carboxylic acids is 2. The number of rotatable bonds is 4. The molecule has 1 aromatic carbocycles. The number of hydrogen-bond donors (Lipinski definition) is 0. The summed E-state index contributed by atoms with van der Waals surface area (Å²) in [6, 6.07) is 5.31. The van der Waals surface area contributed by atoms with Gasteiger partial charge in [0, 0.05) is 31.0 Å². The van der Waals surface area contributed by atoms with Crippen LogP contribution in [0.2, 0.25) is 0 Å². The fraction of sp³-hybridized carbons (Fsp3) is 0.375. The lowest BCUT2D eigenvalue weighted by atomic mass is 10.0. The molecule has 0 N–H and O–H groups in total. The summed E-state index contributed by atoms with van der Waals surface area (Å²) in [4.78, 5) is 25.9. The van der Waals surface area contributed by atoms with E-state index in [0.29, 0.717) is 42.2 Å². The Labute approximate surface area is 128 Å². The van der Waals surface area contributed by atoms with Crippen molar-refractivity contribution < 1.29 is 14.0 Å². The third-order valence-electron chi connectivity index (χ3n) is 3.84. The van der Waals surface area contributed by atoms with Crippen molar-refractivity contribution in [3.05, 3.63) is 46.7 Å². The second kappa shape index (κ2) is 5.71. The highest BCUT2D eigenvalue weighted by atomic mass is 16.4. The first kappa shape index (κ1) is 14.4. The highest BCUT2D eigenvalue weighted by molar-refractivity contribution is 6.05. The van der Waals surface area contributed by atoms with Gasteiger partial charge in [0.05, 0.1) is 6.54 Å². The summed E-state index contributed by atoms with van der Waals surface area (Å²) in [5, 5.41) is 7.81. The summed E-state index contributed by atoms with van der Waals surface area (Å²) in [7, 11) is 1.69. The first-order chi connectivity index (χ1) is 10.6. The molecule has 22 heavy (non-hydrogen) atoms. The molecule has 114 valence electrons. The highest BCUT2D eigenvalue weighted by Crippen LogP contribution is 2.26. The SMILES string of the molecule is CCc1nnc(CN(C)C(=O)c2cccc3c2CCC3=O)o1. The predicted molar refractivity (Wildman–Crippen MR) is 78.6 cm³/mol. The molecular weight excluding hydrogens is 282 g/mol. The molecule has 1 aliphatic rings. The van der Waals surface area contributed by atoms with Gasteiger partial charge in [-0.05, 0) is 18.1 Å². The molecule has 0 spiro atoms. The van der Waals surface area contributed by atoms with Gasteiger partial charge in [0.25, 0.3) is 5.91 Å². The molecule has 0 atom stereocenters. The first-order valence-electron chi connectivity index (χ1n) is 7.32. The van der Waals surface area contributed by atoms with E-state index in [1.807, 2.05) is 6.92 Å². The highest BCUT2D eigenvalue weighted by Gasteiger charge is 2.26. The topological polar surface area (TPSA) is 76.3 Å². The average molecular weight is 299 g/mol. The molecule has 1 heterocycles. The van der Waals surface area contributed by atoms with Crippen molar-refractivity contribution in [3.8, 4) is 0 Å². The zero-order valence-electron chi connectivity index (χ0n) is 12.6. The van der Waals surface area contributed by atoms with Gasteiger partial charge in [-0.1, -0.05) is 19.1 Å². The van der Waals surface area contributed by atoms with Gasteiger partial charge in [-0.25, -0.2) is 0 Å². The van der Waals surface area contributed by atoms with Crippen molar-refractivity contribution in [2.45, 2.75) is 32.7 Å². The number of Topliss-reactive ketones (excluding diaryl/α,β-unsaturated/α-hetero) is 1. The Kier molecular flexibility index (Phi) is 3.75. The number of fused-ring (bicyclic) bond motifs is 1. The van der Waals surface area contributed by atoms with Gasteiger partial charge in [-0.2, -0.15) is 0 Å². The number of ketones is 1. The van der Waals surface area contributed by atoms with E-state index in [1.165, 1.54) is 4.90 Å². The second-order valence-corrected chi connectivity index (χ2v) is 5.36. The monoisotopic (exact) mass is 299 g/mol. The molecule has 0 bridgehead atoms. The van der Waals surface area contributed by atoms with E-state index < -0.39 is 0 Å². The Bertz CT molecular complexity index is 736. The molecule has 0 unspecified atom stereocenters. The van der Waals surface area contributed by atoms with E-state index in [4.69, 9.17) is 4.42 Å². The summed E-state index contributed by atoms with van der Waals surface area (Å²) in [5.41, 5.74) is 2.11. The van der Waals surface area contributed by atoms with E-state index >= 15 is 0 Å². The van der Waals surface area contributed by atoms with Crippen molar-refractivity contribution in [2.75, 3.05) is 7.05 Å². The summed E-state index contributed by atoms with van der Waals surface area (Å²) in [6.07, 6.45) is 1.77. The Hall–Kier alpha value is -2.50. The minimum Gasteiger partial charge on any atom is -0.423 e. The number of hydrogen-bond acceptors (Lipinski definition) is 5. The lowest BCUT2D eigenvalue weighted by molar-refractivity contribution is 0.0771. The lowest BCUT2D eigenvalue weighted by Crippen LogP contribution is -2.27. The van der Waals surface area contributed by atoms with Crippen molar-refractivity contribution in [2.24, 2.45) is 0 Å². The number of aryl methyl sites for hydroxylation is 1. The minimum absolute atomic E-state index is 0.108. The summed E-state index contributed by atoms with van der Waals surface area (Å²) in [5.74, 6) is 0.943. The van der Waals surface area contributed by atoms with Gasteiger partial charge in [-0.3, -0.25) is 9.59 Å². The zero-order chi connectivity index (χ0) is 15.7. The molecule has 6 heteroatoms. The molecular formula is C16H17N3O3. The molecule has 0 saturated heterocycles. The Morgan fingerprint density at radius 1 is 1.27 bits per heavy atom. The zero-order valence-corrected chi connectivity index (χ0v) is 12.6. The quantitative estimate of drug-likeness (QED) is 0.863. The first-order valence-corrected chi connectivity index (χ1v) is 7.32. The fourth-order valence-corrected chi connectivity index (χ4v) is 2.67. The second-order valence-electron chi connectivity index (χ2n) is 5.36. The lowest BCUT2D eigenvalue weighted by Gasteiger charge is -2.16. The van der Waals surface area contributed by atoms with Crippen molar-refractivity contribution in [1.29, 1.82) is 0 Å². The predicted octanol–water partition coefficient (Wildman–Crippen LogP) is 2.03. The summed E-state index contributed by atoms with van der Waals surface area (Å²) < 4.78 is 5.43. The van der Waals surface area contributed by atoms with Crippen LogP contribution in [0.1, 0.15) is 51.4 Å². The van der Waals surface area contributed by atoms with E-state index in [1.54, 1.807) is 25.2 Å². The van der Waals surface area contributed by atoms with Gasteiger partial charge in [0.15, 0.2) is 5.78 Å². The molecule has 0 aliphatic heterocycles. The van der Waals surface area contributed by atoms with Gasteiger partial charge in [0.2, 0.25) is 11.8 Å². The van der Waals surface area contributed by atoms with Crippen LogP contribution in [-0.2, 0) is 19.4 Å². The van der Waals surface area contributed by atoms with Crippen LogP contribution in [0.25, 0.3) is 0 Å². The van der Waals surface area contributed by atoms with E-state index in [2.05, 4.69) is 10.2 Å². The standard InChI is InChI=1S/C16H17N3O3/c1-3-14-17-18-15(22-14)9-19(2)16(21)12-6-4-5-11-10(12)7-8-13(11)20/h4-6H,3,7-9H2,1-2H3. The number of benzene rings is 1. The van der Waals surface area contributed by atoms with E-state index in [-0.39, 0.29) is 18.2 Å². The molecule has 0 saturated carbocycles. The van der Waals surface area contributed by atoms with Gasteiger partial charge in [-0.15, -0.1) is 10.2 Å². The van der Waals surface area contributed by atoms with Crippen LogP contribution in [0, 0.1) is 0 Å². The van der Waals surface area contributed by atoms with Crippen LogP contribution in [0.4, 0.5) is 0 Å². The maximum Gasteiger partial charge on any atom is 0.254 e. The maximum absolute atomic E-state index is 12.6. The van der Waals surface area contributed by atoms with E-state index in [0.717, 1.165) is 5.56 Å².